The van der Waals surface area contributed by atoms with Gasteiger partial charge in [-0.3, -0.25) is 0 Å². The van der Waals surface area contributed by atoms with Crippen LogP contribution >= 0.6 is 0 Å². The van der Waals surface area contributed by atoms with Gasteiger partial charge in [0, 0.05) is 11.9 Å². The van der Waals surface area contributed by atoms with Gasteiger partial charge in [0.2, 0.25) is 10.0 Å². The van der Waals surface area contributed by atoms with Gasteiger partial charge < -0.3 is 9.47 Å². The van der Waals surface area contributed by atoms with Crippen LogP contribution in [0.5, 0.6) is 5.75 Å². The summed E-state index contributed by atoms with van der Waals surface area (Å²) in [5, 5.41) is 1.52. The van der Waals surface area contributed by atoms with Crippen molar-refractivity contribution < 1.29 is 22.7 Å². The van der Waals surface area contributed by atoms with E-state index in [9.17, 15) is 13.2 Å². The van der Waals surface area contributed by atoms with E-state index in [1.807, 2.05) is 31.2 Å². The maximum absolute atomic E-state index is 12.4. The van der Waals surface area contributed by atoms with Crippen LogP contribution in [0.25, 0.3) is 10.8 Å². The number of ether oxygens (including phenoxy) is 2. The third-order valence-corrected chi connectivity index (χ3v) is 5.76. The first-order valence-corrected chi connectivity index (χ1v) is 10.2. The summed E-state index contributed by atoms with van der Waals surface area (Å²) in [6.45, 7) is 1.78. The fraction of sp³-hybridized carbons (Fsp3) is 0.190. The molecule has 0 radical (unpaired) electrons. The summed E-state index contributed by atoms with van der Waals surface area (Å²) in [5.74, 6) is 0.145. The van der Waals surface area contributed by atoms with Gasteiger partial charge in [0.15, 0.2) is 0 Å². The molecule has 0 aliphatic carbocycles. The molecule has 28 heavy (non-hydrogen) atoms. The molecule has 0 spiro atoms. The summed E-state index contributed by atoms with van der Waals surface area (Å²) in [4.78, 5) is 12.6. The molecule has 7 heteroatoms. The Hall–Kier alpha value is -2.90. The van der Waals surface area contributed by atoms with Crippen LogP contribution < -0.4 is 9.46 Å². The van der Waals surface area contributed by atoms with Gasteiger partial charge in [0.05, 0.1) is 17.6 Å². The second-order valence-corrected chi connectivity index (χ2v) is 7.97. The van der Waals surface area contributed by atoms with Crippen LogP contribution in [-0.4, -0.2) is 34.6 Å². The summed E-state index contributed by atoms with van der Waals surface area (Å²) in [6.07, 6.45) is 0. The van der Waals surface area contributed by atoms with Gasteiger partial charge in [-0.1, -0.05) is 42.0 Å². The Morgan fingerprint density at radius 3 is 2.32 bits per heavy atom. The van der Waals surface area contributed by atoms with Crippen molar-refractivity contribution in [2.24, 2.45) is 0 Å². The molecule has 1 N–H and O–H groups in total. The number of hydrogen-bond donors (Lipinski definition) is 1. The molecule has 0 amide bonds. The molecule has 3 aromatic carbocycles. The van der Waals surface area contributed by atoms with E-state index < -0.39 is 16.0 Å². The first-order valence-electron chi connectivity index (χ1n) is 8.71. The predicted octanol–water partition coefficient (Wildman–Crippen LogP) is 3.29. The molecule has 0 aliphatic rings. The molecule has 6 nitrogen and oxygen atoms in total. The zero-order chi connectivity index (χ0) is 20.1. The molecule has 146 valence electrons. The molecular weight excluding hydrogens is 378 g/mol. The van der Waals surface area contributed by atoms with E-state index in [1.165, 1.54) is 12.1 Å². The van der Waals surface area contributed by atoms with Gasteiger partial charge in [-0.2, -0.15) is 0 Å². The van der Waals surface area contributed by atoms with Crippen LogP contribution in [0.3, 0.4) is 0 Å². The van der Waals surface area contributed by atoms with E-state index in [4.69, 9.17) is 9.47 Å². The minimum absolute atomic E-state index is 0.0178. The highest BCUT2D eigenvalue weighted by atomic mass is 32.2. The summed E-state index contributed by atoms with van der Waals surface area (Å²) in [5.41, 5.74) is 1.37. The zero-order valence-corrected chi connectivity index (χ0v) is 16.5. The van der Waals surface area contributed by atoms with E-state index in [1.54, 1.807) is 31.4 Å². The lowest BCUT2D eigenvalue weighted by Crippen LogP contribution is -2.28. The minimum Gasteiger partial charge on any atom is -0.496 e. The largest absolute Gasteiger partial charge is 0.496 e. The fourth-order valence-electron chi connectivity index (χ4n) is 2.83. The van der Waals surface area contributed by atoms with E-state index in [-0.39, 0.29) is 18.0 Å². The Kier molecular flexibility index (Phi) is 5.96. The molecule has 0 fully saturated rings. The summed E-state index contributed by atoms with van der Waals surface area (Å²) in [7, 11) is -2.07. The van der Waals surface area contributed by atoms with Crippen molar-refractivity contribution >= 4 is 26.8 Å². The topological polar surface area (TPSA) is 81.7 Å². The van der Waals surface area contributed by atoms with Crippen LogP contribution in [0.2, 0.25) is 0 Å². The van der Waals surface area contributed by atoms with E-state index >= 15 is 0 Å². The maximum Gasteiger partial charge on any atom is 0.338 e. The van der Waals surface area contributed by atoms with E-state index in [0.29, 0.717) is 16.7 Å². The number of nitrogens with one attached hydrogen (secondary N) is 1. The van der Waals surface area contributed by atoms with Crippen molar-refractivity contribution in [2.75, 3.05) is 20.3 Å². The molecule has 0 aliphatic heterocycles. The van der Waals surface area contributed by atoms with E-state index in [0.717, 1.165) is 10.9 Å². The number of rotatable bonds is 7. The Bertz CT molecular complexity index is 1090. The number of hydrogen-bond acceptors (Lipinski definition) is 5. The quantitative estimate of drug-likeness (QED) is 0.487. The van der Waals surface area contributed by atoms with Crippen molar-refractivity contribution in [3.05, 3.63) is 71.8 Å². The number of esters is 1. The normalized spacial score (nSPS) is 11.4. The Balaban J connectivity index is 1.64. The second kappa shape index (κ2) is 8.41. The highest BCUT2D eigenvalue weighted by Crippen LogP contribution is 2.28. The average molecular weight is 399 g/mol. The zero-order valence-electron chi connectivity index (χ0n) is 15.6. The average Bonchev–Trinajstić information content (AvgIpc) is 2.70. The van der Waals surface area contributed by atoms with Crippen molar-refractivity contribution in [3.63, 3.8) is 0 Å². The number of benzene rings is 3. The van der Waals surface area contributed by atoms with Crippen molar-refractivity contribution in [1.82, 2.24) is 4.72 Å². The third kappa shape index (κ3) is 4.32. The van der Waals surface area contributed by atoms with Crippen molar-refractivity contribution in [1.29, 1.82) is 0 Å². The standard InChI is InChI=1S/C21H21NO5S/c1-15-7-9-16(10-8-15)28(24,25)22-13-14-27-21(23)19-11-12-20(26-2)18-6-4-3-5-17(18)19/h3-12,22H,13-14H2,1-2H3. The van der Waals surface area contributed by atoms with Crippen molar-refractivity contribution in [2.45, 2.75) is 11.8 Å². The Morgan fingerprint density at radius 1 is 0.964 bits per heavy atom. The molecular formula is C21H21NO5S. The van der Waals surface area contributed by atoms with Gasteiger partial charge in [-0.25, -0.2) is 17.9 Å². The first-order chi connectivity index (χ1) is 13.4. The van der Waals surface area contributed by atoms with Crippen LogP contribution in [-0.2, 0) is 14.8 Å². The molecule has 0 saturated heterocycles. The summed E-state index contributed by atoms with van der Waals surface area (Å²) < 4.78 is 37.5. The van der Waals surface area contributed by atoms with Crippen LogP contribution in [0, 0.1) is 6.92 Å². The van der Waals surface area contributed by atoms with Gasteiger partial charge in [0.25, 0.3) is 0 Å². The highest BCUT2D eigenvalue weighted by molar-refractivity contribution is 7.89. The lowest BCUT2D eigenvalue weighted by molar-refractivity contribution is 0.0515. The fourth-order valence-corrected chi connectivity index (χ4v) is 3.84. The van der Waals surface area contributed by atoms with Crippen LogP contribution in [0.4, 0.5) is 0 Å². The molecule has 0 unspecified atom stereocenters. The SMILES string of the molecule is COc1ccc(C(=O)OCCNS(=O)(=O)c2ccc(C)cc2)c2ccccc12. The highest BCUT2D eigenvalue weighted by Gasteiger charge is 2.16. The molecule has 0 heterocycles. The lowest BCUT2D eigenvalue weighted by atomic mass is 10.0. The smallest absolute Gasteiger partial charge is 0.338 e. The maximum atomic E-state index is 12.4. The molecule has 0 aromatic heterocycles. The molecule has 3 rings (SSSR count). The molecule has 0 saturated carbocycles. The molecule has 0 atom stereocenters. The van der Waals surface area contributed by atoms with Gasteiger partial charge in [0.1, 0.15) is 12.4 Å². The number of fused-ring (bicyclic) bond motifs is 1. The number of carbonyl (C=O) groups excluding carboxylic acids is 1. The number of sulfonamides is 1. The van der Waals surface area contributed by atoms with Gasteiger partial charge >= 0.3 is 5.97 Å². The number of carbonyl (C=O) groups is 1. The third-order valence-electron chi connectivity index (χ3n) is 4.28. The van der Waals surface area contributed by atoms with E-state index in [2.05, 4.69) is 4.72 Å². The Labute approximate surface area is 164 Å². The van der Waals surface area contributed by atoms with Crippen molar-refractivity contribution in [3.8, 4) is 5.75 Å². The predicted molar refractivity (Wildman–Crippen MR) is 107 cm³/mol. The summed E-state index contributed by atoms with van der Waals surface area (Å²) in [6, 6.07) is 17.2. The number of aryl methyl sites for hydroxylation is 1. The number of methoxy groups -OCH3 is 1. The van der Waals surface area contributed by atoms with Crippen LogP contribution in [0.1, 0.15) is 15.9 Å². The van der Waals surface area contributed by atoms with Crippen LogP contribution in [0.15, 0.2) is 65.6 Å². The second-order valence-electron chi connectivity index (χ2n) is 6.21. The minimum atomic E-state index is -3.64. The molecule has 3 aromatic rings. The summed E-state index contributed by atoms with van der Waals surface area (Å²) >= 11 is 0. The van der Waals surface area contributed by atoms with Gasteiger partial charge in [-0.15, -0.1) is 0 Å². The lowest BCUT2D eigenvalue weighted by Gasteiger charge is -2.11. The Morgan fingerprint density at radius 2 is 1.64 bits per heavy atom. The van der Waals surface area contributed by atoms with Gasteiger partial charge in [-0.05, 0) is 36.6 Å². The molecule has 0 bridgehead atoms. The first kappa shape index (κ1) is 19.9. The monoisotopic (exact) mass is 399 g/mol.